The van der Waals surface area contributed by atoms with E-state index in [9.17, 15) is 9.59 Å². The molecule has 2 aromatic rings. The van der Waals surface area contributed by atoms with Crippen LogP contribution in [0.5, 0.6) is 5.75 Å². The Morgan fingerprint density at radius 1 is 0.950 bits per heavy atom. The van der Waals surface area contributed by atoms with Gasteiger partial charge < -0.3 is 4.74 Å². The van der Waals surface area contributed by atoms with Crippen LogP contribution in [-0.2, 0) is 11.2 Å². The number of rotatable bonds is 2. The van der Waals surface area contributed by atoms with Crippen molar-refractivity contribution in [2.45, 2.75) is 6.42 Å². The number of Topliss-reactive ketones (excluding diaryl/α,β-unsaturated/α-hetero) is 1. The van der Waals surface area contributed by atoms with Crippen molar-refractivity contribution in [2.75, 3.05) is 0 Å². The van der Waals surface area contributed by atoms with Crippen LogP contribution in [0.2, 0.25) is 0 Å². The Labute approximate surface area is 116 Å². The third-order valence-corrected chi connectivity index (χ3v) is 3.21. The van der Waals surface area contributed by atoms with Crippen molar-refractivity contribution in [1.82, 2.24) is 0 Å². The summed E-state index contributed by atoms with van der Waals surface area (Å²) in [5.41, 5.74) is 1.62. The summed E-state index contributed by atoms with van der Waals surface area (Å²) in [6, 6.07) is 16.0. The molecule has 3 heteroatoms. The van der Waals surface area contributed by atoms with E-state index in [4.69, 9.17) is 4.74 Å². The predicted molar refractivity (Wildman–Crippen MR) is 74.6 cm³/mol. The second kappa shape index (κ2) is 5.13. The second-order valence-electron chi connectivity index (χ2n) is 4.51. The molecule has 0 fully saturated rings. The zero-order valence-electron chi connectivity index (χ0n) is 10.7. The summed E-state index contributed by atoms with van der Waals surface area (Å²) in [6.07, 6.45) is 2.21. The summed E-state index contributed by atoms with van der Waals surface area (Å²) in [5, 5.41) is 0. The first-order chi connectivity index (χ1) is 9.75. The van der Waals surface area contributed by atoms with Crippen LogP contribution in [0.25, 0.3) is 0 Å². The first-order valence-electron chi connectivity index (χ1n) is 6.36. The quantitative estimate of drug-likeness (QED) is 0.476. The van der Waals surface area contributed by atoms with E-state index in [-0.39, 0.29) is 11.4 Å². The highest BCUT2D eigenvalue weighted by Gasteiger charge is 2.26. The predicted octanol–water partition coefficient (Wildman–Crippen LogP) is 2.96. The normalized spacial score (nSPS) is 13.4. The van der Waals surface area contributed by atoms with Gasteiger partial charge in [0.1, 0.15) is 11.3 Å². The van der Waals surface area contributed by atoms with Gasteiger partial charge in [-0.05, 0) is 24.1 Å². The van der Waals surface area contributed by atoms with Gasteiger partial charge in [0.25, 0.3) is 0 Å². The topological polar surface area (TPSA) is 43.4 Å². The highest BCUT2D eigenvalue weighted by atomic mass is 16.5. The Morgan fingerprint density at radius 2 is 1.65 bits per heavy atom. The number of allylic oxidation sites excluding steroid dienone is 1. The first kappa shape index (κ1) is 12.4. The molecule has 0 unspecified atom stereocenters. The van der Waals surface area contributed by atoms with Crippen molar-refractivity contribution in [2.24, 2.45) is 0 Å². The number of carbonyl (C=O) groups excluding carboxylic acids is 2. The molecule has 0 atom stereocenters. The standard InChI is InChI=1S/C17H12O3/c18-16-14-9-5-4-6-12(14)10-11-15(16)17(19)20-13-7-2-1-3-8-13/h1-9,11H,10H2. The lowest BCUT2D eigenvalue weighted by atomic mass is 9.90. The van der Waals surface area contributed by atoms with Gasteiger partial charge in [0.2, 0.25) is 0 Å². The second-order valence-corrected chi connectivity index (χ2v) is 4.51. The zero-order chi connectivity index (χ0) is 13.9. The number of hydrogen-bond acceptors (Lipinski definition) is 3. The Morgan fingerprint density at radius 3 is 2.45 bits per heavy atom. The van der Waals surface area contributed by atoms with E-state index < -0.39 is 5.97 Å². The molecule has 3 rings (SSSR count). The fourth-order valence-corrected chi connectivity index (χ4v) is 2.20. The molecule has 0 aromatic heterocycles. The highest BCUT2D eigenvalue weighted by molar-refractivity contribution is 6.25. The van der Waals surface area contributed by atoms with Gasteiger partial charge in [-0.3, -0.25) is 4.79 Å². The number of carbonyl (C=O) groups is 2. The van der Waals surface area contributed by atoms with Crippen molar-refractivity contribution in [3.63, 3.8) is 0 Å². The number of ketones is 1. The molecule has 0 aliphatic heterocycles. The molecule has 0 radical (unpaired) electrons. The zero-order valence-corrected chi connectivity index (χ0v) is 10.7. The average molecular weight is 264 g/mol. The molecule has 1 aliphatic rings. The summed E-state index contributed by atoms with van der Waals surface area (Å²) in [4.78, 5) is 24.4. The molecule has 0 N–H and O–H groups in total. The van der Waals surface area contributed by atoms with E-state index in [1.165, 1.54) is 0 Å². The van der Waals surface area contributed by atoms with Crippen LogP contribution in [-0.4, -0.2) is 11.8 Å². The SMILES string of the molecule is O=C(Oc1ccccc1)C1=CCc2ccccc2C1=O. The van der Waals surface area contributed by atoms with E-state index in [0.29, 0.717) is 17.7 Å². The smallest absolute Gasteiger partial charge is 0.347 e. The molecule has 0 amide bonds. The molecule has 1 aliphatic carbocycles. The minimum absolute atomic E-state index is 0.104. The molecule has 20 heavy (non-hydrogen) atoms. The van der Waals surface area contributed by atoms with Gasteiger partial charge in [-0.2, -0.15) is 0 Å². The van der Waals surface area contributed by atoms with Crippen LogP contribution >= 0.6 is 0 Å². The molecule has 3 nitrogen and oxygen atoms in total. The molecular formula is C17H12O3. The summed E-state index contributed by atoms with van der Waals surface area (Å²) in [6.45, 7) is 0. The van der Waals surface area contributed by atoms with Crippen molar-refractivity contribution in [1.29, 1.82) is 0 Å². The van der Waals surface area contributed by atoms with Gasteiger partial charge in [0, 0.05) is 5.56 Å². The minimum atomic E-state index is -0.601. The third-order valence-electron chi connectivity index (χ3n) is 3.21. The molecule has 0 heterocycles. The number of ether oxygens (including phenoxy) is 1. The summed E-state index contributed by atoms with van der Waals surface area (Å²) < 4.78 is 5.21. The number of benzene rings is 2. The third kappa shape index (κ3) is 2.26. The fourth-order valence-electron chi connectivity index (χ4n) is 2.20. The van der Waals surface area contributed by atoms with E-state index in [0.717, 1.165) is 5.56 Å². The number of fused-ring (bicyclic) bond motifs is 1. The molecule has 2 aromatic carbocycles. The van der Waals surface area contributed by atoms with Crippen molar-refractivity contribution >= 4 is 11.8 Å². The molecule has 0 spiro atoms. The molecule has 0 bridgehead atoms. The minimum Gasteiger partial charge on any atom is -0.423 e. The monoisotopic (exact) mass is 264 g/mol. The van der Waals surface area contributed by atoms with Crippen LogP contribution in [0.4, 0.5) is 0 Å². The van der Waals surface area contributed by atoms with Gasteiger partial charge in [-0.25, -0.2) is 4.79 Å². The Bertz CT molecular complexity index is 699. The number of para-hydroxylation sites is 1. The average Bonchev–Trinajstić information content (AvgIpc) is 2.49. The largest absolute Gasteiger partial charge is 0.423 e. The molecule has 0 saturated carbocycles. The van der Waals surface area contributed by atoms with Gasteiger partial charge in [-0.1, -0.05) is 48.5 Å². The Hall–Kier alpha value is -2.68. The van der Waals surface area contributed by atoms with E-state index in [2.05, 4.69) is 0 Å². The molecule has 98 valence electrons. The summed E-state index contributed by atoms with van der Waals surface area (Å²) >= 11 is 0. The van der Waals surface area contributed by atoms with Crippen molar-refractivity contribution in [3.05, 3.63) is 77.4 Å². The number of esters is 1. The maximum Gasteiger partial charge on any atom is 0.347 e. The van der Waals surface area contributed by atoms with Crippen molar-refractivity contribution < 1.29 is 14.3 Å². The Balaban J connectivity index is 1.84. The highest BCUT2D eigenvalue weighted by Crippen LogP contribution is 2.22. The lowest BCUT2D eigenvalue weighted by molar-refractivity contribution is -0.129. The van der Waals surface area contributed by atoms with Gasteiger partial charge in [0.05, 0.1) is 0 Å². The summed E-state index contributed by atoms with van der Waals surface area (Å²) in [5.74, 6) is -0.437. The van der Waals surface area contributed by atoms with Crippen LogP contribution in [0, 0.1) is 0 Å². The van der Waals surface area contributed by atoms with Crippen LogP contribution < -0.4 is 4.74 Å². The van der Waals surface area contributed by atoms with Crippen LogP contribution in [0.15, 0.2) is 66.2 Å². The van der Waals surface area contributed by atoms with Crippen LogP contribution in [0.3, 0.4) is 0 Å². The van der Waals surface area contributed by atoms with E-state index >= 15 is 0 Å². The van der Waals surface area contributed by atoms with Crippen LogP contribution in [0.1, 0.15) is 15.9 Å². The lowest BCUT2D eigenvalue weighted by Gasteiger charge is -2.14. The maximum absolute atomic E-state index is 12.3. The Kier molecular flexibility index (Phi) is 3.17. The fraction of sp³-hybridized carbons (Fsp3) is 0.0588. The van der Waals surface area contributed by atoms with Gasteiger partial charge in [0.15, 0.2) is 5.78 Å². The first-order valence-corrected chi connectivity index (χ1v) is 6.36. The van der Waals surface area contributed by atoms with Gasteiger partial charge in [-0.15, -0.1) is 0 Å². The lowest BCUT2D eigenvalue weighted by Crippen LogP contribution is -2.22. The summed E-state index contributed by atoms with van der Waals surface area (Å²) in [7, 11) is 0. The maximum atomic E-state index is 12.3. The number of hydrogen-bond donors (Lipinski definition) is 0. The van der Waals surface area contributed by atoms with Gasteiger partial charge >= 0.3 is 5.97 Å². The van der Waals surface area contributed by atoms with E-state index in [1.807, 2.05) is 18.2 Å². The van der Waals surface area contributed by atoms with E-state index in [1.54, 1.807) is 42.5 Å². The molecular weight excluding hydrogens is 252 g/mol. The van der Waals surface area contributed by atoms with Crippen molar-refractivity contribution in [3.8, 4) is 5.75 Å². The molecule has 0 saturated heterocycles.